The summed E-state index contributed by atoms with van der Waals surface area (Å²) in [4.78, 5) is 11.7. The van der Waals surface area contributed by atoms with Crippen molar-refractivity contribution in [3.8, 4) is 5.75 Å². The quantitative estimate of drug-likeness (QED) is 0.846. The third-order valence-electron chi connectivity index (χ3n) is 2.89. The van der Waals surface area contributed by atoms with Gasteiger partial charge in [-0.3, -0.25) is 4.79 Å². The Hall–Kier alpha value is -2.06. The largest absolute Gasteiger partial charge is 0.491 e. The zero-order chi connectivity index (χ0) is 16.9. The zero-order valence-electron chi connectivity index (χ0n) is 11.8. The van der Waals surface area contributed by atoms with Crippen LogP contribution in [0.4, 0.5) is 13.2 Å². The van der Waals surface area contributed by atoms with Crippen LogP contribution in [0.3, 0.4) is 0 Å². The molecule has 2 rings (SSSR count). The minimum atomic E-state index is -4.45. The van der Waals surface area contributed by atoms with Gasteiger partial charge in [-0.25, -0.2) is 0 Å². The topological polar surface area (TPSA) is 58.6 Å². The van der Waals surface area contributed by atoms with Crippen molar-refractivity contribution in [2.45, 2.75) is 12.3 Å². The molecule has 1 aromatic carbocycles. The Morgan fingerprint density at radius 1 is 1.35 bits per heavy atom. The van der Waals surface area contributed by atoms with E-state index in [1.807, 2.05) is 0 Å². The molecule has 1 heterocycles. The highest BCUT2D eigenvalue weighted by molar-refractivity contribution is 7.08. The predicted octanol–water partition coefficient (Wildman–Crippen LogP) is 2.94. The van der Waals surface area contributed by atoms with E-state index in [1.54, 1.807) is 16.8 Å². The van der Waals surface area contributed by atoms with Crippen molar-refractivity contribution in [1.82, 2.24) is 5.32 Å². The molecule has 0 bridgehead atoms. The van der Waals surface area contributed by atoms with Gasteiger partial charge in [0.15, 0.2) is 0 Å². The average molecular weight is 345 g/mol. The van der Waals surface area contributed by atoms with E-state index >= 15 is 0 Å². The van der Waals surface area contributed by atoms with Crippen LogP contribution in [0, 0.1) is 0 Å². The van der Waals surface area contributed by atoms with Gasteiger partial charge in [-0.15, -0.1) is 0 Å². The predicted molar refractivity (Wildman–Crippen MR) is 79.6 cm³/mol. The number of carbonyl (C=O) groups excluding carboxylic acids is 1. The first-order chi connectivity index (χ1) is 10.9. The van der Waals surface area contributed by atoms with Crippen LogP contribution in [-0.4, -0.2) is 30.3 Å². The Morgan fingerprint density at radius 3 is 2.78 bits per heavy atom. The van der Waals surface area contributed by atoms with E-state index in [0.29, 0.717) is 5.56 Å². The fourth-order valence-corrected chi connectivity index (χ4v) is 2.36. The molecule has 2 aromatic rings. The smallest absolute Gasteiger partial charge is 0.416 e. The molecule has 2 N–H and O–H groups in total. The van der Waals surface area contributed by atoms with Crippen LogP contribution in [0.5, 0.6) is 5.75 Å². The van der Waals surface area contributed by atoms with Crippen molar-refractivity contribution < 1.29 is 27.8 Å². The highest BCUT2D eigenvalue weighted by Gasteiger charge is 2.30. The van der Waals surface area contributed by atoms with Crippen molar-refractivity contribution in [3.63, 3.8) is 0 Å². The average Bonchev–Trinajstić information content (AvgIpc) is 3.04. The van der Waals surface area contributed by atoms with Crippen LogP contribution in [-0.2, 0) is 6.18 Å². The lowest BCUT2D eigenvalue weighted by molar-refractivity contribution is -0.137. The summed E-state index contributed by atoms with van der Waals surface area (Å²) in [7, 11) is 0. The molecule has 1 unspecified atom stereocenters. The maximum absolute atomic E-state index is 12.6. The van der Waals surface area contributed by atoms with E-state index in [9.17, 15) is 23.1 Å². The Labute approximate surface area is 134 Å². The van der Waals surface area contributed by atoms with Gasteiger partial charge in [-0.05, 0) is 29.6 Å². The Kier molecular flexibility index (Phi) is 5.62. The Bertz CT molecular complexity index is 644. The summed E-state index contributed by atoms with van der Waals surface area (Å²) in [6.07, 6.45) is -5.49. The normalized spacial score (nSPS) is 12.7. The first-order valence-electron chi connectivity index (χ1n) is 6.65. The van der Waals surface area contributed by atoms with Crippen molar-refractivity contribution in [1.29, 1.82) is 0 Å². The van der Waals surface area contributed by atoms with Crippen molar-refractivity contribution >= 4 is 17.2 Å². The molecule has 0 spiro atoms. The molecule has 124 valence electrons. The summed E-state index contributed by atoms with van der Waals surface area (Å²) in [5, 5.41) is 15.7. The van der Waals surface area contributed by atoms with Crippen LogP contribution in [0.2, 0.25) is 0 Å². The number of hydrogen-bond donors (Lipinski definition) is 2. The van der Waals surface area contributed by atoms with Gasteiger partial charge in [-0.2, -0.15) is 24.5 Å². The van der Waals surface area contributed by atoms with Crippen LogP contribution >= 0.6 is 11.3 Å². The molecule has 8 heteroatoms. The first-order valence-corrected chi connectivity index (χ1v) is 7.59. The molecule has 23 heavy (non-hydrogen) atoms. The number of ether oxygens (including phenoxy) is 1. The molecule has 0 aliphatic rings. The van der Waals surface area contributed by atoms with E-state index in [2.05, 4.69) is 5.32 Å². The fourth-order valence-electron chi connectivity index (χ4n) is 1.72. The van der Waals surface area contributed by atoms with E-state index in [0.717, 1.165) is 12.1 Å². The minimum Gasteiger partial charge on any atom is -0.491 e. The molecule has 0 fully saturated rings. The molecule has 1 amide bonds. The van der Waals surface area contributed by atoms with Gasteiger partial charge in [-0.1, -0.05) is 6.07 Å². The molecule has 0 aliphatic heterocycles. The molecule has 0 radical (unpaired) electrons. The highest BCUT2D eigenvalue weighted by Crippen LogP contribution is 2.31. The number of rotatable bonds is 6. The second-order valence-corrected chi connectivity index (χ2v) is 5.49. The van der Waals surface area contributed by atoms with Gasteiger partial charge in [0.2, 0.25) is 0 Å². The van der Waals surface area contributed by atoms with Gasteiger partial charge in [0.25, 0.3) is 5.91 Å². The van der Waals surface area contributed by atoms with E-state index in [-0.39, 0.29) is 24.8 Å². The monoisotopic (exact) mass is 345 g/mol. The summed E-state index contributed by atoms with van der Waals surface area (Å²) >= 11 is 1.37. The number of carbonyl (C=O) groups is 1. The van der Waals surface area contributed by atoms with Crippen LogP contribution in [0.25, 0.3) is 0 Å². The number of hydrogen-bond acceptors (Lipinski definition) is 4. The summed E-state index contributed by atoms with van der Waals surface area (Å²) in [6, 6.07) is 6.03. The SMILES string of the molecule is O=C(NCC(O)COc1cccc(C(F)(F)F)c1)c1ccsc1. The fraction of sp³-hybridized carbons (Fsp3) is 0.267. The summed E-state index contributed by atoms with van der Waals surface area (Å²) in [5.41, 5.74) is -0.337. The van der Waals surface area contributed by atoms with Crippen molar-refractivity contribution in [2.75, 3.05) is 13.2 Å². The lowest BCUT2D eigenvalue weighted by atomic mass is 10.2. The lowest BCUT2D eigenvalue weighted by Gasteiger charge is -2.14. The number of aliphatic hydroxyl groups excluding tert-OH is 1. The van der Waals surface area contributed by atoms with Gasteiger partial charge < -0.3 is 15.2 Å². The highest BCUT2D eigenvalue weighted by atomic mass is 32.1. The van der Waals surface area contributed by atoms with Crippen molar-refractivity contribution in [3.05, 3.63) is 52.2 Å². The second-order valence-electron chi connectivity index (χ2n) is 4.71. The third-order valence-corrected chi connectivity index (χ3v) is 3.57. The van der Waals surface area contributed by atoms with E-state index in [4.69, 9.17) is 4.74 Å². The lowest BCUT2D eigenvalue weighted by Crippen LogP contribution is -2.35. The summed E-state index contributed by atoms with van der Waals surface area (Å²) < 4.78 is 42.8. The third kappa shape index (κ3) is 5.26. The first kappa shape index (κ1) is 17.3. The number of alkyl halides is 3. The number of benzene rings is 1. The van der Waals surface area contributed by atoms with Gasteiger partial charge in [0.1, 0.15) is 18.5 Å². The molecule has 0 saturated heterocycles. The van der Waals surface area contributed by atoms with Gasteiger partial charge in [0.05, 0.1) is 5.56 Å². The molecule has 0 saturated carbocycles. The second kappa shape index (κ2) is 7.47. The maximum atomic E-state index is 12.6. The Balaban J connectivity index is 1.80. The number of aliphatic hydroxyl groups is 1. The number of amides is 1. The minimum absolute atomic E-state index is 0.00281. The summed E-state index contributed by atoms with van der Waals surface area (Å²) in [6.45, 7) is -0.293. The number of nitrogens with one attached hydrogen (secondary N) is 1. The number of halogens is 3. The van der Waals surface area contributed by atoms with Crippen molar-refractivity contribution in [2.24, 2.45) is 0 Å². The Morgan fingerprint density at radius 2 is 2.13 bits per heavy atom. The standard InChI is InChI=1S/C15H14F3NO3S/c16-15(17,18)11-2-1-3-13(6-11)22-8-12(20)7-19-14(21)10-4-5-23-9-10/h1-6,9,12,20H,7-8H2,(H,19,21). The zero-order valence-corrected chi connectivity index (χ0v) is 12.7. The maximum Gasteiger partial charge on any atom is 0.416 e. The van der Waals surface area contributed by atoms with Gasteiger partial charge in [0, 0.05) is 17.5 Å². The molecule has 1 aromatic heterocycles. The van der Waals surface area contributed by atoms with E-state index < -0.39 is 17.8 Å². The van der Waals surface area contributed by atoms with Crippen LogP contribution in [0.15, 0.2) is 41.1 Å². The molecule has 1 atom stereocenters. The molecular formula is C15H14F3NO3S. The molecule has 4 nitrogen and oxygen atoms in total. The van der Waals surface area contributed by atoms with Crippen LogP contribution in [0.1, 0.15) is 15.9 Å². The summed E-state index contributed by atoms with van der Waals surface area (Å²) in [5.74, 6) is -0.326. The van der Waals surface area contributed by atoms with Gasteiger partial charge >= 0.3 is 6.18 Å². The molecular weight excluding hydrogens is 331 g/mol. The van der Waals surface area contributed by atoms with E-state index in [1.165, 1.54) is 23.5 Å². The molecule has 0 aliphatic carbocycles. The van der Waals surface area contributed by atoms with Crippen LogP contribution < -0.4 is 10.1 Å². The number of thiophene rings is 1.